The van der Waals surface area contributed by atoms with Gasteiger partial charge in [-0.25, -0.2) is 9.97 Å². The number of fused-ring (bicyclic) bond motifs is 1. The molecular weight excluding hydrogens is 400 g/mol. The molecule has 0 aromatic carbocycles. The molecule has 0 spiro atoms. The number of anilines is 1. The Morgan fingerprint density at radius 2 is 1.90 bits per heavy atom. The van der Waals surface area contributed by atoms with Crippen LogP contribution in [-0.4, -0.2) is 75.3 Å². The number of carbonyl (C=O) groups excluding carboxylic acids is 2. The summed E-state index contributed by atoms with van der Waals surface area (Å²) >= 11 is 1.38. The summed E-state index contributed by atoms with van der Waals surface area (Å²) in [5.74, 6) is 0.537. The summed E-state index contributed by atoms with van der Waals surface area (Å²) in [5.41, 5.74) is 1.23. The number of aromatic nitrogens is 3. The number of hydrogen-bond donors (Lipinski definition) is 0. The number of nitrogens with zero attached hydrogens (tertiary/aromatic N) is 6. The maximum Gasteiger partial charge on any atom is 0.274 e. The largest absolute Gasteiger partial charge is 0.335 e. The molecule has 0 N–H and O–H groups in total. The zero-order valence-electron chi connectivity index (χ0n) is 17.7. The van der Waals surface area contributed by atoms with Crippen molar-refractivity contribution >= 4 is 33.8 Å². The Morgan fingerprint density at radius 1 is 1.17 bits per heavy atom. The summed E-state index contributed by atoms with van der Waals surface area (Å²) in [6.07, 6.45) is 3.61. The third-order valence-corrected chi connectivity index (χ3v) is 6.63. The first-order valence-electron chi connectivity index (χ1n) is 10.1. The fraction of sp³-hybridized carbons (Fsp3) is 0.429. The predicted octanol–water partition coefficient (Wildman–Crippen LogP) is 2.61. The minimum absolute atomic E-state index is 0.0426. The average molecular weight is 427 g/mol. The van der Waals surface area contributed by atoms with E-state index in [4.69, 9.17) is 4.98 Å². The first-order chi connectivity index (χ1) is 14.4. The van der Waals surface area contributed by atoms with Crippen LogP contribution >= 0.6 is 11.3 Å². The first-order valence-corrected chi connectivity index (χ1v) is 10.9. The molecule has 158 valence electrons. The third-order valence-electron chi connectivity index (χ3n) is 5.56. The van der Waals surface area contributed by atoms with Crippen molar-refractivity contribution in [2.45, 2.75) is 26.8 Å². The van der Waals surface area contributed by atoms with E-state index in [1.165, 1.54) is 23.2 Å². The fourth-order valence-electron chi connectivity index (χ4n) is 3.62. The van der Waals surface area contributed by atoms with Gasteiger partial charge < -0.3 is 4.90 Å². The third kappa shape index (κ3) is 3.70. The molecule has 9 heteroatoms. The zero-order valence-corrected chi connectivity index (χ0v) is 18.5. The number of rotatable bonds is 4. The normalized spacial score (nSPS) is 15.2. The molecule has 4 rings (SSSR count). The summed E-state index contributed by atoms with van der Waals surface area (Å²) in [6.45, 7) is 9.01. The van der Waals surface area contributed by atoms with Crippen LogP contribution in [0.4, 0.5) is 5.13 Å². The number of pyridine rings is 1. The van der Waals surface area contributed by atoms with Gasteiger partial charge in [-0.2, -0.15) is 0 Å². The summed E-state index contributed by atoms with van der Waals surface area (Å²) in [7, 11) is 1.69. The Balaban J connectivity index is 1.67. The van der Waals surface area contributed by atoms with Gasteiger partial charge >= 0.3 is 0 Å². The maximum atomic E-state index is 13.3. The number of carbonyl (C=O) groups is 2. The fourth-order valence-corrected chi connectivity index (χ4v) is 4.53. The summed E-state index contributed by atoms with van der Waals surface area (Å²) in [6, 6.07) is 6.22. The van der Waals surface area contributed by atoms with Crippen molar-refractivity contribution < 1.29 is 9.59 Å². The van der Waals surface area contributed by atoms with Crippen molar-refractivity contribution in [1.82, 2.24) is 24.2 Å². The van der Waals surface area contributed by atoms with Crippen LogP contribution in [0.15, 0.2) is 30.6 Å². The molecule has 0 bridgehead atoms. The van der Waals surface area contributed by atoms with Gasteiger partial charge in [-0.15, -0.1) is 0 Å². The minimum atomic E-state index is -0.0831. The molecule has 0 radical (unpaired) electrons. The molecule has 1 saturated heterocycles. The van der Waals surface area contributed by atoms with Crippen LogP contribution in [0.1, 0.15) is 31.3 Å². The van der Waals surface area contributed by atoms with Gasteiger partial charge in [0, 0.05) is 52.4 Å². The van der Waals surface area contributed by atoms with E-state index in [1.54, 1.807) is 13.2 Å². The van der Waals surface area contributed by atoms with Crippen molar-refractivity contribution in [3.8, 4) is 10.7 Å². The predicted molar refractivity (Wildman–Crippen MR) is 118 cm³/mol. The molecule has 3 aromatic heterocycles. The van der Waals surface area contributed by atoms with E-state index in [0.717, 1.165) is 23.5 Å². The molecule has 0 unspecified atom stereocenters. The van der Waals surface area contributed by atoms with Gasteiger partial charge in [0.1, 0.15) is 0 Å². The van der Waals surface area contributed by atoms with Gasteiger partial charge in [-0.1, -0.05) is 17.4 Å². The Bertz CT molecular complexity index is 1080. The monoisotopic (exact) mass is 426 g/mol. The molecule has 3 aromatic rings. The van der Waals surface area contributed by atoms with E-state index in [1.807, 2.05) is 33.7 Å². The van der Waals surface area contributed by atoms with E-state index in [0.29, 0.717) is 35.8 Å². The van der Waals surface area contributed by atoms with Gasteiger partial charge in [0.15, 0.2) is 16.6 Å². The van der Waals surface area contributed by atoms with Crippen LogP contribution in [0.25, 0.3) is 16.2 Å². The molecule has 4 heterocycles. The molecule has 1 aliphatic heterocycles. The highest BCUT2D eigenvalue weighted by atomic mass is 32.1. The van der Waals surface area contributed by atoms with Crippen molar-refractivity contribution in [2.24, 2.45) is 0 Å². The van der Waals surface area contributed by atoms with Gasteiger partial charge in [-0.3, -0.25) is 23.8 Å². The molecule has 0 saturated carbocycles. The molecule has 1 aliphatic rings. The summed E-state index contributed by atoms with van der Waals surface area (Å²) in [5, 5.41) is 0.600. The van der Waals surface area contributed by atoms with Crippen LogP contribution in [0.2, 0.25) is 0 Å². The Kier molecular flexibility index (Phi) is 5.57. The smallest absolute Gasteiger partial charge is 0.274 e. The SMILES string of the molecule is CC(=O)N(C)c1ncc(-c2nc(C(=O)N3CCN(C(C)C)CC3)c3ccccn23)s1. The van der Waals surface area contributed by atoms with Crippen molar-refractivity contribution in [2.75, 3.05) is 38.1 Å². The second kappa shape index (κ2) is 8.16. The molecule has 0 aliphatic carbocycles. The van der Waals surface area contributed by atoms with E-state index in [2.05, 4.69) is 23.7 Å². The number of imidazole rings is 1. The quantitative estimate of drug-likeness (QED) is 0.641. The van der Waals surface area contributed by atoms with E-state index < -0.39 is 0 Å². The second-order valence-electron chi connectivity index (χ2n) is 7.75. The summed E-state index contributed by atoms with van der Waals surface area (Å²) < 4.78 is 1.92. The lowest BCUT2D eigenvalue weighted by Crippen LogP contribution is -2.50. The van der Waals surface area contributed by atoms with Gasteiger partial charge in [0.2, 0.25) is 5.91 Å². The zero-order chi connectivity index (χ0) is 21.4. The van der Waals surface area contributed by atoms with Gasteiger partial charge in [0.25, 0.3) is 5.91 Å². The molecule has 1 fully saturated rings. The average Bonchev–Trinajstić information content (AvgIpc) is 3.37. The van der Waals surface area contributed by atoms with E-state index in [-0.39, 0.29) is 11.8 Å². The van der Waals surface area contributed by atoms with Gasteiger partial charge in [-0.05, 0) is 26.0 Å². The topological polar surface area (TPSA) is 74.0 Å². The molecule has 2 amide bonds. The number of thiazole rings is 1. The molecule has 30 heavy (non-hydrogen) atoms. The first kappa shape index (κ1) is 20.5. The number of amides is 2. The molecule has 8 nitrogen and oxygen atoms in total. The van der Waals surface area contributed by atoms with Crippen molar-refractivity contribution in [1.29, 1.82) is 0 Å². The van der Waals surface area contributed by atoms with E-state index >= 15 is 0 Å². The van der Waals surface area contributed by atoms with Crippen LogP contribution < -0.4 is 4.90 Å². The second-order valence-corrected chi connectivity index (χ2v) is 8.76. The van der Waals surface area contributed by atoms with Crippen LogP contribution in [-0.2, 0) is 4.79 Å². The summed E-state index contributed by atoms with van der Waals surface area (Å²) in [4.78, 5) is 40.6. The lowest BCUT2D eigenvalue weighted by Gasteiger charge is -2.36. The van der Waals surface area contributed by atoms with Crippen LogP contribution in [0, 0.1) is 0 Å². The number of piperazine rings is 1. The molecule has 0 atom stereocenters. The van der Waals surface area contributed by atoms with E-state index in [9.17, 15) is 9.59 Å². The Hall–Kier alpha value is -2.78. The van der Waals surface area contributed by atoms with Crippen molar-refractivity contribution in [3.05, 3.63) is 36.3 Å². The van der Waals surface area contributed by atoms with Crippen LogP contribution in [0.3, 0.4) is 0 Å². The Morgan fingerprint density at radius 3 is 2.57 bits per heavy atom. The number of hydrogen-bond acceptors (Lipinski definition) is 6. The standard InChI is InChI=1S/C21H26N6O2S/c1-14(2)25-9-11-26(12-10-25)20(29)18-16-7-5-6-8-27(16)19(23-18)17-13-22-21(30-17)24(4)15(3)28/h5-8,13-14H,9-12H2,1-4H3. The van der Waals surface area contributed by atoms with Crippen LogP contribution in [0.5, 0.6) is 0 Å². The highest BCUT2D eigenvalue weighted by molar-refractivity contribution is 7.19. The highest BCUT2D eigenvalue weighted by Crippen LogP contribution is 2.32. The molecular formula is C21H26N6O2S. The minimum Gasteiger partial charge on any atom is -0.335 e. The lowest BCUT2D eigenvalue weighted by molar-refractivity contribution is -0.116. The van der Waals surface area contributed by atoms with Gasteiger partial charge in [0.05, 0.1) is 16.6 Å². The Labute approximate surface area is 179 Å². The maximum absolute atomic E-state index is 13.3. The lowest BCUT2D eigenvalue weighted by atomic mass is 10.2. The van der Waals surface area contributed by atoms with Crippen molar-refractivity contribution in [3.63, 3.8) is 0 Å². The highest BCUT2D eigenvalue weighted by Gasteiger charge is 2.27.